The number of halogens is 2. The predicted molar refractivity (Wildman–Crippen MR) is 45.5 cm³/mol. The largest absolute Gasteiger partial charge is 0.207 e. The molecule has 1 aromatic rings. The van der Waals surface area contributed by atoms with Crippen LogP contribution in [0.4, 0.5) is 4.39 Å². The van der Waals surface area contributed by atoms with E-state index in [-0.39, 0.29) is 5.82 Å². The minimum absolute atomic E-state index is 0.205. The van der Waals surface area contributed by atoms with Gasteiger partial charge in [-0.25, -0.2) is 4.39 Å². The molecule has 0 heterocycles. The summed E-state index contributed by atoms with van der Waals surface area (Å²) in [6.45, 7) is 3.80. The van der Waals surface area contributed by atoms with Gasteiger partial charge < -0.3 is 0 Å². The Labute approximate surface area is 71.0 Å². The molecule has 0 N–H and O–H groups in total. The predicted octanol–water partition coefficient (Wildman–Crippen LogP) is 3.35. The van der Waals surface area contributed by atoms with E-state index >= 15 is 0 Å². The second kappa shape index (κ2) is 3.22. The van der Waals surface area contributed by atoms with E-state index in [9.17, 15) is 4.39 Å². The molecule has 0 bridgehead atoms. The van der Waals surface area contributed by atoms with Crippen LogP contribution in [0.15, 0.2) is 12.1 Å². The van der Waals surface area contributed by atoms with E-state index in [0.29, 0.717) is 11.4 Å². The molecular formula is C9H10ClF. The van der Waals surface area contributed by atoms with Gasteiger partial charge in [0.15, 0.2) is 0 Å². The van der Waals surface area contributed by atoms with Crippen LogP contribution in [-0.4, -0.2) is 0 Å². The maximum Gasteiger partial charge on any atom is 0.127 e. The molecule has 0 spiro atoms. The van der Waals surface area contributed by atoms with Crippen molar-refractivity contribution in [3.8, 4) is 0 Å². The lowest BCUT2D eigenvalue weighted by molar-refractivity contribution is 0.612. The second-order valence-electron chi connectivity index (χ2n) is 2.55. The molecule has 0 saturated heterocycles. The van der Waals surface area contributed by atoms with Crippen LogP contribution in [0.1, 0.15) is 18.1 Å². The lowest BCUT2D eigenvalue weighted by atomic mass is 10.1. The first kappa shape index (κ1) is 8.54. The van der Waals surface area contributed by atoms with Crippen LogP contribution >= 0.6 is 11.6 Å². The van der Waals surface area contributed by atoms with Gasteiger partial charge in [-0.05, 0) is 30.5 Å². The molecule has 60 valence electrons. The quantitative estimate of drug-likeness (QED) is 0.610. The number of rotatable bonds is 1. The Bertz CT molecular complexity index is 269. The summed E-state index contributed by atoms with van der Waals surface area (Å²) in [6.07, 6.45) is 0.712. The maximum absolute atomic E-state index is 12.9. The molecule has 0 nitrogen and oxygen atoms in total. The van der Waals surface area contributed by atoms with Crippen molar-refractivity contribution in [3.63, 3.8) is 0 Å². The van der Waals surface area contributed by atoms with Gasteiger partial charge in [-0.1, -0.05) is 24.6 Å². The molecule has 0 aliphatic carbocycles. The molecule has 0 fully saturated rings. The van der Waals surface area contributed by atoms with Crippen LogP contribution < -0.4 is 0 Å². The van der Waals surface area contributed by atoms with Crippen LogP contribution in [0, 0.1) is 12.7 Å². The normalized spacial score (nSPS) is 10.2. The van der Waals surface area contributed by atoms with Crippen molar-refractivity contribution < 1.29 is 4.39 Å². The second-order valence-corrected chi connectivity index (χ2v) is 2.95. The smallest absolute Gasteiger partial charge is 0.127 e. The van der Waals surface area contributed by atoms with E-state index < -0.39 is 0 Å². The Morgan fingerprint density at radius 1 is 1.45 bits per heavy atom. The average molecular weight is 173 g/mol. The molecule has 2 heteroatoms. The minimum Gasteiger partial charge on any atom is -0.207 e. The fraction of sp³-hybridized carbons (Fsp3) is 0.333. The summed E-state index contributed by atoms with van der Waals surface area (Å²) in [5, 5.41) is 0.500. The molecular weight excluding hydrogens is 163 g/mol. The topological polar surface area (TPSA) is 0 Å². The van der Waals surface area contributed by atoms with Crippen molar-refractivity contribution in [2.45, 2.75) is 20.3 Å². The summed E-state index contributed by atoms with van der Waals surface area (Å²) in [4.78, 5) is 0. The first-order valence-electron chi connectivity index (χ1n) is 3.59. The number of hydrogen-bond donors (Lipinski definition) is 0. The molecule has 1 aromatic carbocycles. The Hall–Kier alpha value is -0.560. The Kier molecular flexibility index (Phi) is 2.50. The van der Waals surface area contributed by atoms with Crippen molar-refractivity contribution in [3.05, 3.63) is 34.1 Å². The first-order chi connectivity index (χ1) is 5.15. The van der Waals surface area contributed by atoms with E-state index in [1.807, 2.05) is 13.8 Å². The van der Waals surface area contributed by atoms with E-state index in [2.05, 4.69) is 0 Å². The molecule has 1 rings (SSSR count). The summed E-state index contributed by atoms with van der Waals surface area (Å²) in [5.41, 5.74) is 1.66. The van der Waals surface area contributed by atoms with Crippen molar-refractivity contribution in [1.82, 2.24) is 0 Å². The summed E-state index contributed by atoms with van der Waals surface area (Å²) in [6, 6.07) is 3.16. The highest BCUT2D eigenvalue weighted by atomic mass is 35.5. The Morgan fingerprint density at radius 3 is 2.64 bits per heavy atom. The summed E-state index contributed by atoms with van der Waals surface area (Å²) in [7, 11) is 0. The third-order valence-corrected chi connectivity index (χ3v) is 2.12. The molecule has 11 heavy (non-hydrogen) atoms. The van der Waals surface area contributed by atoms with E-state index in [0.717, 1.165) is 11.1 Å². The third-order valence-electron chi connectivity index (χ3n) is 1.71. The van der Waals surface area contributed by atoms with Gasteiger partial charge in [-0.2, -0.15) is 0 Å². The average Bonchev–Trinajstić information content (AvgIpc) is 1.97. The van der Waals surface area contributed by atoms with Crippen molar-refractivity contribution in [1.29, 1.82) is 0 Å². The highest BCUT2D eigenvalue weighted by Crippen LogP contribution is 2.19. The first-order valence-corrected chi connectivity index (χ1v) is 3.97. The molecule has 0 aliphatic heterocycles. The highest BCUT2D eigenvalue weighted by Gasteiger charge is 2.02. The number of aryl methyl sites for hydroxylation is 2. The lowest BCUT2D eigenvalue weighted by Gasteiger charge is -2.02. The van der Waals surface area contributed by atoms with Crippen LogP contribution in [-0.2, 0) is 6.42 Å². The fourth-order valence-corrected chi connectivity index (χ4v) is 1.14. The van der Waals surface area contributed by atoms with Crippen molar-refractivity contribution in [2.24, 2.45) is 0 Å². The third kappa shape index (κ3) is 1.72. The zero-order chi connectivity index (χ0) is 8.43. The van der Waals surface area contributed by atoms with Crippen LogP contribution in [0.5, 0.6) is 0 Å². The molecule has 0 aromatic heterocycles. The number of benzene rings is 1. The van der Waals surface area contributed by atoms with Gasteiger partial charge in [-0.15, -0.1) is 0 Å². The van der Waals surface area contributed by atoms with E-state index in [4.69, 9.17) is 11.6 Å². The summed E-state index contributed by atoms with van der Waals surface area (Å²) in [5.74, 6) is -0.205. The van der Waals surface area contributed by atoms with Crippen molar-refractivity contribution in [2.75, 3.05) is 0 Å². The van der Waals surface area contributed by atoms with Gasteiger partial charge in [0.2, 0.25) is 0 Å². The summed E-state index contributed by atoms with van der Waals surface area (Å²) < 4.78 is 12.9. The van der Waals surface area contributed by atoms with Gasteiger partial charge in [0.05, 0.1) is 0 Å². The zero-order valence-electron chi connectivity index (χ0n) is 6.62. The van der Waals surface area contributed by atoms with Gasteiger partial charge in [0.25, 0.3) is 0 Å². The zero-order valence-corrected chi connectivity index (χ0v) is 7.37. The van der Waals surface area contributed by atoms with E-state index in [1.54, 1.807) is 6.07 Å². The monoisotopic (exact) mass is 172 g/mol. The van der Waals surface area contributed by atoms with Gasteiger partial charge in [0, 0.05) is 5.02 Å². The van der Waals surface area contributed by atoms with Crippen LogP contribution in [0.25, 0.3) is 0 Å². The standard InChI is InChI=1S/C9H10ClF/c1-3-7-4-6(2)8(10)5-9(7)11/h4-5H,3H2,1-2H3. The molecule has 0 unspecified atom stereocenters. The SMILES string of the molecule is CCc1cc(C)c(Cl)cc1F. The lowest BCUT2D eigenvalue weighted by Crippen LogP contribution is -1.89. The summed E-state index contributed by atoms with van der Waals surface area (Å²) >= 11 is 5.70. The fourth-order valence-electron chi connectivity index (χ4n) is 0.988. The molecule has 0 radical (unpaired) electrons. The highest BCUT2D eigenvalue weighted by molar-refractivity contribution is 6.31. The maximum atomic E-state index is 12.9. The molecule has 0 amide bonds. The minimum atomic E-state index is -0.205. The Morgan fingerprint density at radius 2 is 2.09 bits per heavy atom. The van der Waals surface area contributed by atoms with Crippen LogP contribution in [0.2, 0.25) is 5.02 Å². The van der Waals surface area contributed by atoms with Crippen LogP contribution in [0.3, 0.4) is 0 Å². The molecule has 0 saturated carbocycles. The van der Waals surface area contributed by atoms with Gasteiger partial charge in [-0.3, -0.25) is 0 Å². The van der Waals surface area contributed by atoms with Gasteiger partial charge in [0.1, 0.15) is 5.82 Å². The van der Waals surface area contributed by atoms with Crippen molar-refractivity contribution >= 4 is 11.6 Å². The Balaban J connectivity index is 3.21. The van der Waals surface area contributed by atoms with E-state index in [1.165, 1.54) is 6.07 Å². The number of hydrogen-bond acceptors (Lipinski definition) is 0. The molecule has 0 aliphatic rings. The molecule has 0 atom stereocenters. The van der Waals surface area contributed by atoms with Gasteiger partial charge >= 0.3 is 0 Å².